The predicted octanol–water partition coefficient (Wildman–Crippen LogP) is 3.92. The highest BCUT2D eigenvalue weighted by Gasteiger charge is 2.29. The molecule has 6 heteroatoms. The first kappa shape index (κ1) is 19.5. The maximum absolute atomic E-state index is 13.5. The molecule has 0 atom stereocenters. The van der Waals surface area contributed by atoms with Crippen LogP contribution in [0.1, 0.15) is 45.8 Å². The molecule has 3 aromatic rings. The molecule has 31 heavy (non-hydrogen) atoms. The van der Waals surface area contributed by atoms with Gasteiger partial charge in [0.1, 0.15) is 5.82 Å². The number of nitrogens with one attached hydrogen (secondary N) is 2. The van der Waals surface area contributed by atoms with Crippen LogP contribution in [0.15, 0.2) is 42.5 Å². The zero-order valence-electron chi connectivity index (χ0n) is 17.9. The number of aromatic amines is 1. The quantitative estimate of drug-likeness (QED) is 0.679. The Bertz CT molecular complexity index is 1180. The minimum Gasteiger partial charge on any atom is -0.352 e. The molecule has 6 nitrogen and oxygen atoms in total. The van der Waals surface area contributed by atoms with Gasteiger partial charge >= 0.3 is 0 Å². The van der Waals surface area contributed by atoms with E-state index < -0.39 is 0 Å². The number of amides is 2. The van der Waals surface area contributed by atoms with Gasteiger partial charge < -0.3 is 15.2 Å². The van der Waals surface area contributed by atoms with Gasteiger partial charge in [-0.3, -0.25) is 9.59 Å². The molecular formula is C25H26N4O2. The summed E-state index contributed by atoms with van der Waals surface area (Å²) in [6, 6.07) is 13.7. The molecule has 1 aliphatic carbocycles. The van der Waals surface area contributed by atoms with Gasteiger partial charge in [0.15, 0.2) is 0 Å². The molecule has 2 heterocycles. The van der Waals surface area contributed by atoms with Gasteiger partial charge in [-0.15, -0.1) is 0 Å². The van der Waals surface area contributed by atoms with E-state index in [-0.39, 0.29) is 17.7 Å². The van der Waals surface area contributed by atoms with Gasteiger partial charge in [-0.05, 0) is 56.0 Å². The van der Waals surface area contributed by atoms with Crippen molar-refractivity contribution >= 4 is 17.5 Å². The first-order valence-corrected chi connectivity index (χ1v) is 10.9. The van der Waals surface area contributed by atoms with E-state index in [2.05, 4.69) is 15.3 Å². The number of benzene rings is 2. The Morgan fingerprint density at radius 1 is 1.16 bits per heavy atom. The fraction of sp³-hybridized carbons (Fsp3) is 0.320. The van der Waals surface area contributed by atoms with Crippen LogP contribution in [0.25, 0.3) is 11.3 Å². The Hall–Kier alpha value is -3.41. The lowest BCUT2D eigenvalue weighted by Gasteiger charge is -2.23. The van der Waals surface area contributed by atoms with Crippen molar-refractivity contribution in [1.82, 2.24) is 15.3 Å². The Kier molecular flexibility index (Phi) is 4.85. The number of aromatic nitrogens is 2. The average molecular weight is 415 g/mol. The van der Waals surface area contributed by atoms with Crippen molar-refractivity contribution in [3.05, 3.63) is 70.7 Å². The summed E-state index contributed by atoms with van der Waals surface area (Å²) in [6.07, 6.45) is 2.71. The van der Waals surface area contributed by atoms with E-state index in [1.807, 2.05) is 61.2 Å². The van der Waals surface area contributed by atoms with Crippen LogP contribution in [-0.2, 0) is 17.8 Å². The highest BCUT2D eigenvalue weighted by atomic mass is 16.2. The number of carbonyl (C=O) groups excluding carboxylic acids is 2. The smallest absolute Gasteiger partial charge is 0.258 e. The van der Waals surface area contributed by atoms with Gasteiger partial charge in [0, 0.05) is 42.2 Å². The molecule has 0 saturated heterocycles. The Morgan fingerprint density at radius 2 is 1.97 bits per heavy atom. The molecule has 158 valence electrons. The van der Waals surface area contributed by atoms with Crippen LogP contribution in [0.3, 0.4) is 0 Å². The molecule has 2 aliphatic rings. The molecule has 0 unspecified atom stereocenters. The lowest BCUT2D eigenvalue weighted by molar-refractivity contribution is -0.122. The molecule has 2 amide bonds. The summed E-state index contributed by atoms with van der Waals surface area (Å²) in [5.74, 6) is 1.19. The third-order valence-corrected chi connectivity index (χ3v) is 6.17. The zero-order chi connectivity index (χ0) is 21.5. The summed E-state index contributed by atoms with van der Waals surface area (Å²) >= 11 is 0. The van der Waals surface area contributed by atoms with Crippen LogP contribution in [0, 0.1) is 19.8 Å². The van der Waals surface area contributed by atoms with E-state index in [0.29, 0.717) is 18.7 Å². The first-order valence-electron chi connectivity index (χ1n) is 10.9. The van der Waals surface area contributed by atoms with E-state index in [0.717, 1.165) is 58.9 Å². The molecule has 5 rings (SSSR count). The topological polar surface area (TPSA) is 78.1 Å². The number of H-pyrrole nitrogens is 1. The SMILES string of the molecule is Cc1nc2c([nH]1)CCN(C(=O)c1ccc(CNC(=O)C3CC3)c(C)c1)c1ccccc1-2. The summed E-state index contributed by atoms with van der Waals surface area (Å²) in [4.78, 5) is 35.3. The second kappa shape index (κ2) is 7.69. The lowest BCUT2D eigenvalue weighted by atomic mass is 10.0. The van der Waals surface area contributed by atoms with Crippen LogP contribution in [0.2, 0.25) is 0 Å². The summed E-state index contributed by atoms with van der Waals surface area (Å²) in [7, 11) is 0. The van der Waals surface area contributed by atoms with Crippen molar-refractivity contribution in [3.8, 4) is 11.3 Å². The molecule has 0 spiro atoms. The second-order valence-corrected chi connectivity index (χ2v) is 8.51. The first-order chi connectivity index (χ1) is 15.0. The van der Waals surface area contributed by atoms with Gasteiger partial charge in [0.25, 0.3) is 5.91 Å². The fourth-order valence-corrected chi connectivity index (χ4v) is 4.26. The maximum atomic E-state index is 13.5. The average Bonchev–Trinajstić information content (AvgIpc) is 3.57. The molecule has 0 bridgehead atoms. The number of aryl methyl sites for hydroxylation is 2. The zero-order valence-corrected chi connectivity index (χ0v) is 17.9. The van der Waals surface area contributed by atoms with Crippen LogP contribution < -0.4 is 10.2 Å². The number of rotatable bonds is 4. The van der Waals surface area contributed by atoms with Crippen molar-refractivity contribution in [2.24, 2.45) is 5.92 Å². The lowest BCUT2D eigenvalue weighted by Crippen LogP contribution is -2.32. The predicted molar refractivity (Wildman–Crippen MR) is 120 cm³/mol. The maximum Gasteiger partial charge on any atom is 0.258 e. The highest BCUT2D eigenvalue weighted by Crippen LogP contribution is 2.36. The molecule has 2 N–H and O–H groups in total. The van der Waals surface area contributed by atoms with Gasteiger partial charge in [0.05, 0.1) is 11.4 Å². The van der Waals surface area contributed by atoms with E-state index >= 15 is 0 Å². The second-order valence-electron chi connectivity index (χ2n) is 8.51. The fourth-order valence-electron chi connectivity index (χ4n) is 4.26. The minimum absolute atomic E-state index is 0.0222. The van der Waals surface area contributed by atoms with E-state index in [1.54, 1.807) is 0 Å². The molecular weight excluding hydrogens is 388 g/mol. The van der Waals surface area contributed by atoms with Crippen LogP contribution >= 0.6 is 0 Å². The van der Waals surface area contributed by atoms with Gasteiger partial charge in [0.2, 0.25) is 5.91 Å². The molecule has 1 aromatic heterocycles. The third kappa shape index (κ3) is 3.74. The summed E-state index contributed by atoms with van der Waals surface area (Å²) in [5, 5.41) is 3.00. The number of imidazole rings is 1. The van der Waals surface area contributed by atoms with Gasteiger partial charge in [-0.25, -0.2) is 4.98 Å². The molecule has 2 aromatic carbocycles. The number of carbonyl (C=O) groups is 2. The van der Waals surface area contributed by atoms with Crippen LogP contribution in [0.5, 0.6) is 0 Å². The molecule has 0 radical (unpaired) electrons. The van der Waals surface area contributed by atoms with Crippen LogP contribution in [-0.4, -0.2) is 28.3 Å². The number of hydrogen-bond donors (Lipinski definition) is 2. The number of anilines is 1. The molecule has 1 fully saturated rings. The number of hydrogen-bond acceptors (Lipinski definition) is 3. The normalized spacial score (nSPS) is 15.1. The van der Waals surface area contributed by atoms with Crippen molar-refractivity contribution in [2.45, 2.75) is 39.7 Å². The molecule has 1 aliphatic heterocycles. The monoisotopic (exact) mass is 414 g/mol. The van der Waals surface area contributed by atoms with E-state index in [1.165, 1.54) is 0 Å². The van der Waals surface area contributed by atoms with Crippen molar-refractivity contribution < 1.29 is 9.59 Å². The summed E-state index contributed by atoms with van der Waals surface area (Å²) in [5.41, 5.74) is 6.56. The number of para-hydroxylation sites is 1. The van der Waals surface area contributed by atoms with E-state index in [4.69, 9.17) is 0 Å². The summed E-state index contributed by atoms with van der Waals surface area (Å²) < 4.78 is 0. The highest BCUT2D eigenvalue weighted by molar-refractivity contribution is 6.08. The molecule has 1 saturated carbocycles. The van der Waals surface area contributed by atoms with Crippen molar-refractivity contribution in [2.75, 3.05) is 11.4 Å². The largest absolute Gasteiger partial charge is 0.352 e. The van der Waals surface area contributed by atoms with Crippen molar-refractivity contribution in [3.63, 3.8) is 0 Å². The van der Waals surface area contributed by atoms with E-state index in [9.17, 15) is 9.59 Å². The van der Waals surface area contributed by atoms with Gasteiger partial charge in [-0.2, -0.15) is 0 Å². The van der Waals surface area contributed by atoms with Gasteiger partial charge in [-0.1, -0.05) is 24.3 Å². The Labute approximate surface area is 181 Å². The Balaban J connectivity index is 1.40. The minimum atomic E-state index is -0.0222. The number of fused-ring (bicyclic) bond motifs is 3. The third-order valence-electron chi connectivity index (χ3n) is 6.17. The summed E-state index contributed by atoms with van der Waals surface area (Å²) in [6.45, 7) is 5.03. The Morgan fingerprint density at radius 3 is 2.74 bits per heavy atom. The standard InChI is InChI=1S/C25H26N4O2/c1-15-13-18(9-10-19(15)14-26-24(30)17-7-8-17)25(31)29-12-11-21-23(28-16(2)27-21)20-5-3-4-6-22(20)29/h3-6,9-10,13,17H,7-8,11-12,14H2,1-2H3,(H,26,30)(H,27,28). The number of nitrogens with zero attached hydrogens (tertiary/aromatic N) is 2. The van der Waals surface area contributed by atoms with Crippen LogP contribution in [0.4, 0.5) is 5.69 Å². The van der Waals surface area contributed by atoms with Crippen molar-refractivity contribution in [1.29, 1.82) is 0 Å².